The van der Waals surface area contributed by atoms with Gasteiger partial charge in [-0.05, 0) is 25.8 Å². The zero-order chi connectivity index (χ0) is 19.1. The Hall–Kier alpha value is -3.23. The third-order valence-corrected chi connectivity index (χ3v) is 5.21. The van der Waals surface area contributed by atoms with E-state index in [0.717, 1.165) is 35.9 Å². The quantitative estimate of drug-likeness (QED) is 0.682. The van der Waals surface area contributed by atoms with Crippen LogP contribution >= 0.6 is 0 Å². The van der Waals surface area contributed by atoms with Gasteiger partial charge in [0.15, 0.2) is 11.5 Å². The molecule has 3 aromatic rings. The number of hydrogen-bond donors (Lipinski definition) is 0. The van der Waals surface area contributed by atoms with Crippen LogP contribution in [0.4, 0.5) is 5.82 Å². The van der Waals surface area contributed by atoms with Gasteiger partial charge in [0.2, 0.25) is 0 Å². The van der Waals surface area contributed by atoms with Crippen molar-refractivity contribution in [1.82, 2.24) is 29.8 Å². The summed E-state index contributed by atoms with van der Waals surface area (Å²) in [5.74, 6) is 2.79. The number of rotatable bonds is 4. The first-order valence-corrected chi connectivity index (χ1v) is 9.53. The molecule has 2 aliphatic rings. The van der Waals surface area contributed by atoms with Crippen molar-refractivity contribution in [1.29, 1.82) is 0 Å². The van der Waals surface area contributed by atoms with Crippen LogP contribution < -0.4 is 4.90 Å². The summed E-state index contributed by atoms with van der Waals surface area (Å²) in [4.78, 5) is 25.4. The molecular formula is C19H21N7O2. The molecule has 1 saturated carbocycles. The Kier molecular flexibility index (Phi) is 4.07. The SMILES string of the molecule is Cc1ccn(-c2cc(N3CCN(C(=O)c4cc(C5CC5)on4)CC3)ncn2)n1. The topological polar surface area (TPSA) is 93.2 Å². The molecule has 9 heteroatoms. The second kappa shape index (κ2) is 6.74. The molecule has 1 aliphatic heterocycles. The maximum atomic E-state index is 12.7. The van der Waals surface area contributed by atoms with E-state index in [0.29, 0.717) is 37.8 Å². The number of nitrogens with zero attached hydrogens (tertiary/aromatic N) is 7. The lowest BCUT2D eigenvalue weighted by Crippen LogP contribution is -2.49. The van der Waals surface area contributed by atoms with E-state index in [1.54, 1.807) is 17.1 Å². The van der Waals surface area contributed by atoms with Gasteiger partial charge in [0.05, 0.1) is 5.69 Å². The first-order chi connectivity index (χ1) is 13.7. The molecule has 0 atom stereocenters. The van der Waals surface area contributed by atoms with E-state index < -0.39 is 0 Å². The minimum Gasteiger partial charge on any atom is -0.360 e. The molecule has 9 nitrogen and oxygen atoms in total. The van der Waals surface area contributed by atoms with Gasteiger partial charge in [-0.25, -0.2) is 14.6 Å². The first-order valence-electron chi connectivity index (χ1n) is 9.53. The summed E-state index contributed by atoms with van der Waals surface area (Å²) in [6.07, 6.45) is 5.68. The monoisotopic (exact) mass is 379 g/mol. The zero-order valence-electron chi connectivity index (χ0n) is 15.7. The van der Waals surface area contributed by atoms with Crippen LogP contribution in [0.15, 0.2) is 35.2 Å². The van der Waals surface area contributed by atoms with Gasteiger partial charge in [-0.1, -0.05) is 5.16 Å². The molecule has 0 N–H and O–H groups in total. The van der Waals surface area contributed by atoms with Crippen molar-refractivity contribution in [3.63, 3.8) is 0 Å². The summed E-state index contributed by atoms with van der Waals surface area (Å²) in [6, 6.07) is 5.66. The molecule has 3 aromatic heterocycles. The number of hydrogen-bond acceptors (Lipinski definition) is 7. The van der Waals surface area contributed by atoms with Crippen molar-refractivity contribution < 1.29 is 9.32 Å². The Balaban J connectivity index is 1.25. The van der Waals surface area contributed by atoms with E-state index in [4.69, 9.17) is 4.52 Å². The Morgan fingerprint density at radius 1 is 1.11 bits per heavy atom. The van der Waals surface area contributed by atoms with E-state index in [1.807, 2.05) is 30.2 Å². The summed E-state index contributed by atoms with van der Waals surface area (Å²) >= 11 is 0. The molecule has 2 fully saturated rings. The summed E-state index contributed by atoms with van der Waals surface area (Å²) in [5.41, 5.74) is 1.35. The molecule has 144 valence electrons. The molecular weight excluding hydrogens is 358 g/mol. The van der Waals surface area contributed by atoms with Gasteiger partial charge in [-0.15, -0.1) is 0 Å². The standard InChI is InChI=1S/C19H21N7O2/c1-13-4-5-26(22-13)18-11-17(20-12-21-18)24-6-8-25(9-7-24)19(27)15-10-16(28-23-15)14-2-3-14/h4-5,10-12,14H,2-3,6-9H2,1H3. The second-order valence-electron chi connectivity index (χ2n) is 7.30. The van der Waals surface area contributed by atoms with Crippen LogP contribution in [0.5, 0.6) is 0 Å². The van der Waals surface area contributed by atoms with Gasteiger partial charge in [0.1, 0.15) is 17.9 Å². The lowest BCUT2D eigenvalue weighted by atomic mass is 10.2. The van der Waals surface area contributed by atoms with Gasteiger partial charge >= 0.3 is 0 Å². The normalized spacial score (nSPS) is 17.2. The maximum Gasteiger partial charge on any atom is 0.276 e. The maximum absolute atomic E-state index is 12.7. The van der Waals surface area contributed by atoms with Gasteiger partial charge in [-0.2, -0.15) is 5.10 Å². The minimum absolute atomic E-state index is 0.0642. The lowest BCUT2D eigenvalue weighted by molar-refractivity contribution is 0.0736. The summed E-state index contributed by atoms with van der Waals surface area (Å²) in [5, 5.41) is 8.36. The van der Waals surface area contributed by atoms with Crippen LogP contribution in [0.3, 0.4) is 0 Å². The van der Waals surface area contributed by atoms with Crippen LogP contribution in [0, 0.1) is 6.92 Å². The third-order valence-electron chi connectivity index (χ3n) is 5.21. The van der Waals surface area contributed by atoms with E-state index >= 15 is 0 Å². The Labute approximate surface area is 162 Å². The van der Waals surface area contributed by atoms with Crippen molar-refractivity contribution in [2.75, 3.05) is 31.1 Å². The number of aromatic nitrogens is 5. The molecule has 28 heavy (non-hydrogen) atoms. The highest BCUT2D eigenvalue weighted by atomic mass is 16.5. The van der Waals surface area contributed by atoms with Crippen LogP contribution in [0.2, 0.25) is 0 Å². The summed E-state index contributed by atoms with van der Waals surface area (Å²) in [6.45, 7) is 4.58. The van der Waals surface area contributed by atoms with Gasteiger partial charge in [0, 0.05) is 50.4 Å². The fourth-order valence-electron chi connectivity index (χ4n) is 3.43. The highest BCUT2D eigenvalue weighted by molar-refractivity contribution is 5.92. The number of amides is 1. The van der Waals surface area contributed by atoms with E-state index in [-0.39, 0.29) is 5.91 Å². The Bertz CT molecular complexity index is 999. The molecule has 0 unspecified atom stereocenters. The number of piperazine rings is 1. The number of aryl methyl sites for hydroxylation is 1. The van der Waals surface area contributed by atoms with Crippen LogP contribution in [0.25, 0.3) is 5.82 Å². The predicted molar refractivity (Wildman–Crippen MR) is 100 cm³/mol. The molecule has 4 heterocycles. The van der Waals surface area contributed by atoms with Gasteiger partial charge in [0.25, 0.3) is 5.91 Å². The number of carbonyl (C=O) groups excluding carboxylic acids is 1. The molecule has 0 aromatic carbocycles. The average Bonchev–Trinajstić information content (AvgIpc) is 3.30. The van der Waals surface area contributed by atoms with Crippen molar-refractivity contribution in [3.8, 4) is 5.82 Å². The Morgan fingerprint density at radius 3 is 2.61 bits per heavy atom. The largest absolute Gasteiger partial charge is 0.360 e. The van der Waals surface area contributed by atoms with E-state index in [2.05, 4.69) is 25.1 Å². The smallest absolute Gasteiger partial charge is 0.276 e. The highest BCUT2D eigenvalue weighted by Crippen LogP contribution is 2.40. The average molecular weight is 379 g/mol. The molecule has 0 spiro atoms. The van der Waals surface area contributed by atoms with Crippen LogP contribution in [-0.4, -0.2) is 61.9 Å². The third kappa shape index (κ3) is 3.23. The molecule has 0 radical (unpaired) electrons. The van der Waals surface area contributed by atoms with Crippen LogP contribution in [0.1, 0.15) is 40.7 Å². The van der Waals surface area contributed by atoms with Gasteiger partial charge in [-0.3, -0.25) is 4.79 Å². The Morgan fingerprint density at radius 2 is 1.89 bits per heavy atom. The predicted octanol–water partition coefficient (Wildman–Crippen LogP) is 1.80. The summed E-state index contributed by atoms with van der Waals surface area (Å²) in [7, 11) is 0. The zero-order valence-corrected chi connectivity index (χ0v) is 15.7. The molecule has 1 amide bonds. The molecule has 5 rings (SSSR count). The molecule has 1 aliphatic carbocycles. The highest BCUT2D eigenvalue weighted by Gasteiger charge is 2.30. The summed E-state index contributed by atoms with van der Waals surface area (Å²) < 4.78 is 7.05. The van der Waals surface area contributed by atoms with E-state index in [9.17, 15) is 4.79 Å². The first kappa shape index (κ1) is 16.9. The fourth-order valence-corrected chi connectivity index (χ4v) is 3.43. The fraction of sp³-hybridized carbons (Fsp3) is 0.421. The van der Waals surface area contributed by atoms with Gasteiger partial charge < -0.3 is 14.3 Å². The van der Waals surface area contributed by atoms with Crippen molar-refractivity contribution in [2.45, 2.75) is 25.7 Å². The molecule has 0 bridgehead atoms. The number of anilines is 1. The van der Waals surface area contributed by atoms with E-state index in [1.165, 1.54) is 0 Å². The lowest BCUT2D eigenvalue weighted by Gasteiger charge is -2.35. The van der Waals surface area contributed by atoms with Crippen LogP contribution in [-0.2, 0) is 0 Å². The number of carbonyl (C=O) groups is 1. The van der Waals surface area contributed by atoms with Crippen molar-refractivity contribution in [2.24, 2.45) is 0 Å². The second-order valence-corrected chi connectivity index (χ2v) is 7.30. The minimum atomic E-state index is -0.0642. The van der Waals surface area contributed by atoms with Crippen molar-refractivity contribution in [3.05, 3.63) is 47.9 Å². The van der Waals surface area contributed by atoms with Crippen molar-refractivity contribution >= 4 is 11.7 Å². The molecule has 1 saturated heterocycles.